The van der Waals surface area contributed by atoms with Crippen LogP contribution in [-0.2, 0) is 16.1 Å². The zero-order valence-corrected chi connectivity index (χ0v) is 9.85. The number of benzene rings is 1. The monoisotopic (exact) mass is 276 g/mol. The molecule has 0 spiro atoms. The summed E-state index contributed by atoms with van der Waals surface area (Å²) in [5.41, 5.74) is 1.02. The molecule has 0 radical (unpaired) electrons. The molecule has 0 N–H and O–H groups in total. The molecule has 1 aliphatic rings. The van der Waals surface area contributed by atoms with Crippen LogP contribution in [0.2, 0.25) is 5.02 Å². The molecule has 1 aliphatic heterocycles. The molecule has 1 heterocycles. The minimum Gasteiger partial charge on any atom is -0.376 e. The van der Waals surface area contributed by atoms with Crippen molar-refractivity contribution in [3.63, 3.8) is 0 Å². The van der Waals surface area contributed by atoms with Gasteiger partial charge in [0, 0.05) is 9.50 Å². The van der Waals surface area contributed by atoms with E-state index >= 15 is 0 Å². The zero-order valence-electron chi connectivity index (χ0n) is 7.50. The van der Waals surface area contributed by atoms with Crippen LogP contribution in [0.5, 0.6) is 0 Å². The number of rotatable bonds is 3. The molecule has 2 rings (SSSR count). The van der Waals surface area contributed by atoms with Gasteiger partial charge < -0.3 is 9.47 Å². The standard InChI is InChI=1S/C10H10BrClO2/c11-8-2-1-7(10(12)3-8)4-14-9-5-13-6-9/h1-3,9H,4-6H2. The van der Waals surface area contributed by atoms with Crippen LogP contribution in [0.25, 0.3) is 0 Å². The SMILES string of the molecule is Clc1cc(Br)ccc1COC1COC1. The number of ether oxygens (including phenoxy) is 2. The molecule has 4 heteroatoms. The molecule has 0 atom stereocenters. The van der Waals surface area contributed by atoms with Gasteiger partial charge in [0.05, 0.1) is 19.8 Å². The van der Waals surface area contributed by atoms with E-state index in [9.17, 15) is 0 Å². The molecule has 76 valence electrons. The molecule has 1 aromatic rings. The minimum atomic E-state index is 0.245. The quantitative estimate of drug-likeness (QED) is 0.845. The maximum Gasteiger partial charge on any atom is 0.105 e. The van der Waals surface area contributed by atoms with Gasteiger partial charge in [-0.1, -0.05) is 33.6 Å². The summed E-state index contributed by atoms with van der Waals surface area (Å²) >= 11 is 9.39. The normalized spacial score (nSPS) is 16.7. The van der Waals surface area contributed by atoms with Gasteiger partial charge in [0.25, 0.3) is 0 Å². The molecule has 0 saturated carbocycles. The summed E-state index contributed by atoms with van der Waals surface area (Å²) < 4.78 is 11.6. The summed E-state index contributed by atoms with van der Waals surface area (Å²) in [5.74, 6) is 0. The van der Waals surface area contributed by atoms with Gasteiger partial charge in [-0.3, -0.25) is 0 Å². The topological polar surface area (TPSA) is 18.5 Å². The average Bonchev–Trinajstić information content (AvgIpc) is 2.05. The van der Waals surface area contributed by atoms with E-state index in [-0.39, 0.29) is 6.10 Å². The van der Waals surface area contributed by atoms with Crippen molar-refractivity contribution in [1.29, 1.82) is 0 Å². The van der Waals surface area contributed by atoms with Crippen molar-refractivity contribution in [1.82, 2.24) is 0 Å². The summed E-state index contributed by atoms with van der Waals surface area (Å²) in [6.45, 7) is 1.96. The third-order valence-corrected chi connectivity index (χ3v) is 2.94. The van der Waals surface area contributed by atoms with Gasteiger partial charge in [0.15, 0.2) is 0 Å². The lowest BCUT2D eigenvalue weighted by Gasteiger charge is -2.26. The van der Waals surface area contributed by atoms with E-state index in [1.807, 2.05) is 18.2 Å². The van der Waals surface area contributed by atoms with Gasteiger partial charge in [0.1, 0.15) is 6.10 Å². The molecule has 0 unspecified atom stereocenters. The number of hydrogen-bond acceptors (Lipinski definition) is 2. The van der Waals surface area contributed by atoms with E-state index in [1.54, 1.807) is 0 Å². The van der Waals surface area contributed by atoms with Gasteiger partial charge in [-0.25, -0.2) is 0 Å². The second-order valence-electron chi connectivity index (χ2n) is 3.21. The highest BCUT2D eigenvalue weighted by molar-refractivity contribution is 9.10. The van der Waals surface area contributed by atoms with Crippen molar-refractivity contribution in [3.8, 4) is 0 Å². The largest absolute Gasteiger partial charge is 0.376 e. The van der Waals surface area contributed by atoms with Crippen LogP contribution in [0.1, 0.15) is 5.56 Å². The first-order valence-electron chi connectivity index (χ1n) is 4.39. The molecule has 0 amide bonds. The van der Waals surface area contributed by atoms with Crippen LogP contribution in [0, 0.1) is 0 Å². The lowest BCUT2D eigenvalue weighted by Crippen LogP contribution is -2.35. The number of hydrogen-bond donors (Lipinski definition) is 0. The first kappa shape index (κ1) is 10.4. The van der Waals surface area contributed by atoms with E-state index in [0.29, 0.717) is 19.8 Å². The molecular weight excluding hydrogens is 267 g/mol. The molecule has 1 fully saturated rings. The molecule has 1 saturated heterocycles. The molecule has 14 heavy (non-hydrogen) atoms. The fourth-order valence-corrected chi connectivity index (χ4v) is 1.88. The molecule has 0 aromatic heterocycles. The van der Waals surface area contributed by atoms with Gasteiger partial charge in [-0.15, -0.1) is 0 Å². The van der Waals surface area contributed by atoms with Crippen molar-refractivity contribution in [2.75, 3.05) is 13.2 Å². The second kappa shape index (κ2) is 4.62. The van der Waals surface area contributed by atoms with E-state index in [1.165, 1.54) is 0 Å². The molecule has 0 aliphatic carbocycles. The minimum absolute atomic E-state index is 0.245. The Balaban J connectivity index is 1.94. The summed E-state index contributed by atoms with van der Waals surface area (Å²) in [6, 6.07) is 5.80. The van der Waals surface area contributed by atoms with Gasteiger partial charge >= 0.3 is 0 Å². The van der Waals surface area contributed by atoms with Crippen molar-refractivity contribution in [2.45, 2.75) is 12.7 Å². The average molecular weight is 278 g/mol. The molecule has 0 bridgehead atoms. The zero-order chi connectivity index (χ0) is 9.97. The Kier molecular flexibility index (Phi) is 3.44. The predicted octanol–water partition coefficient (Wildman–Crippen LogP) is 3.02. The molecule has 1 aromatic carbocycles. The second-order valence-corrected chi connectivity index (χ2v) is 4.53. The maximum atomic E-state index is 6.03. The van der Waals surface area contributed by atoms with Gasteiger partial charge in [-0.2, -0.15) is 0 Å². The first-order valence-corrected chi connectivity index (χ1v) is 5.56. The third-order valence-electron chi connectivity index (χ3n) is 2.10. The highest BCUT2D eigenvalue weighted by Crippen LogP contribution is 2.22. The molecular formula is C10H10BrClO2. The lowest BCUT2D eigenvalue weighted by atomic mass is 10.2. The van der Waals surface area contributed by atoms with Crippen LogP contribution in [0.4, 0.5) is 0 Å². The third kappa shape index (κ3) is 2.48. The number of halogens is 2. The summed E-state index contributed by atoms with van der Waals surface area (Å²) in [6.07, 6.45) is 0.245. The van der Waals surface area contributed by atoms with E-state index in [0.717, 1.165) is 15.1 Å². The Labute approximate surface area is 96.3 Å². The highest BCUT2D eigenvalue weighted by atomic mass is 79.9. The van der Waals surface area contributed by atoms with Crippen LogP contribution in [0.3, 0.4) is 0 Å². The lowest BCUT2D eigenvalue weighted by molar-refractivity contribution is -0.135. The Morgan fingerprint density at radius 2 is 2.29 bits per heavy atom. The Morgan fingerprint density at radius 1 is 1.50 bits per heavy atom. The summed E-state index contributed by atoms with van der Waals surface area (Å²) in [7, 11) is 0. The predicted molar refractivity (Wildman–Crippen MR) is 58.5 cm³/mol. The van der Waals surface area contributed by atoms with Crippen molar-refractivity contribution < 1.29 is 9.47 Å². The van der Waals surface area contributed by atoms with E-state index in [2.05, 4.69) is 15.9 Å². The Bertz CT molecular complexity index is 326. The summed E-state index contributed by atoms with van der Waals surface area (Å²) in [5, 5.41) is 0.736. The van der Waals surface area contributed by atoms with Gasteiger partial charge in [0.2, 0.25) is 0 Å². The fourth-order valence-electron chi connectivity index (χ4n) is 1.16. The summed E-state index contributed by atoms with van der Waals surface area (Å²) in [4.78, 5) is 0. The first-order chi connectivity index (χ1) is 6.75. The van der Waals surface area contributed by atoms with E-state index in [4.69, 9.17) is 21.1 Å². The Hall–Kier alpha value is -0.0900. The van der Waals surface area contributed by atoms with Crippen molar-refractivity contribution >= 4 is 27.5 Å². The Morgan fingerprint density at radius 3 is 2.86 bits per heavy atom. The van der Waals surface area contributed by atoms with Crippen LogP contribution in [0.15, 0.2) is 22.7 Å². The smallest absolute Gasteiger partial charge is 0.105 e. The maximum absolute atomic E-state index is 6.03. The van der Waals surface area contributed by atoms with Crippen molar-refractivity contribution in [3.05, 3.63) is 33.3 Å². The van der Waals surface area contributed by atoms with Crippen molar-refractivity contribution in [2.24, 2.45) is 0 Å². The van der Waals surface area contributed by atoms with Crippen LogP contribution < -0.4 is 0 Å². The molecule has 2 nitrogen and oxygen atoms in total. The highest BCUT2D eigenvalue weighted by Gasteiger charge is 2.18. The van der Waals surface area contributed by atoms with E-state index < -0.39 is 0 Å². The van der Waals surface area contributed by atoms with Crippen LogP contribution >= 0.6 is 27.5 Å². The van der Waals surface area contributed by atoms with Gasteiger partial charge in [-0.05, 0) is 17.7 Å². The van der Waals surface area contributed by atoms with Crippen LogP contribution in [-0.4, -0.2) is 19.3 Å². The fraction of sp³-hybridized carbons (Fsp3) is 0.400.